The van der Waals surface area contributed by atoms with Gasteiger partial charge in [0.2, 0.25) is 5.91 Å². The second kappa shape index (κ2) is 11.1. The molecule has 0 spiro atoms. The molecule has 3 rings (SSSR count). The van der Waals surface area contributed by atoms with Crippen LogP contribution in [-0.2, 0) is 25.6 Å². The van der Waals surface area contributed by atoms with Gasteiger partial charge in [0.05, 0.1) is 12.7 Å². The van der Waals surface area contributed by atoms with Gasteiger partial charge >= 0.3 is 12.1 Å². The van der Waals surface area contributed by atoms with E-state index in [9.17, 15) is 18.0 Å². The average Bonchev–Trinajstić information content (AvgIpc) is 3.10. The zero-order valence-electron chi connectivity index (χ0n) is 18.7. The number of halogens is 3. The fourth-order valence-corrected chi connectivity index (χ4v) is 4.02. The first-order valence-electron chi connectivity index (χ1n) is 10.4. The maximum Gasteiger partial charge on any atom is 0.490 e. The van der Waals surface area contributed by atoms with Crippen molar-refractivity contribution in [2.45, 2.75) is 38.6 Å². The van der Waals surface area contributed by atoms with Crippen LogP contribution in [0.3, 0.4) is 0 Å². The van der Waals surface area contributed by atoms with Crippen LogP contribution in [0.15, 0.2) is 24.3 Å². The molecular formula is C22H31F3N2O5. The summed E-state index contributed by atoms with van der Waals surface area (Å²) in [5.74, 6) is -2.74. The molecule has 1 amide bonds. The number of amides is 1. The quantitative estimate of drug-likeness (QED) is 0.703. The Morgan fingerprint density at radius 2 is 2.03 bits per heavy atom. The predicted molar refractivity (Wildman–Crippen MR) is 111 cm³/mol. The topological polar surface area (TPSA) is 79.3 Å². The third-order valence-corrected chi connectivity index (χ3v) is 5.69. The second-order valence-electron chi connectivity index (χ2n) is 8.54. The van der Waals surface area contributed by atoms with Crippen molar-refractivity contribution in [2.75, 3.05) is 47.0 Å². The van der Waals surface area contributed by atoms with Crippen molar-refractivity contribution in [3.05, 3.63) is 35.4 Å². The molecule has 0 aliphatic carbocycles. The van der Waals surface area contributed by atoms with Gasteiger partial charge < -0.3 is 19.5 Å². The van der Waals surface area contributed by atoms with Crippen LogP contribution in [0.25, 0.3) is 0 Å². The molecule has 2 aliphatic rings. The number of benzene rings is 1. The van der Waals surface area contributed by atoms with Crippen LogP contribution in [0.5, 0.6) is 0 Å². The number of aryl methyl sites for hydroxylation is 1. The largest absolute Gasteiger partial charge is 0.490 e. The predicted octanol–water partition coefficient (Wildman–Crippen LogP) is 2.71. The molecule has 1 aromatic carbocycles. The lowest BCUT2D eigenvalue weighted by atomic mass is 9.77. The molecule has 2 atom stereocenters. The maximum absolute atomic E-state index is 11.8. The van der Waals surface area contributed by atoms with Crippen molar-refractivity contribution in [1.29, 1.82) is 0 Å². The molecule has 32 heavy (non-hydrogen) atoms. The number of ether oxygens (including phenoxy) is 2. The molecule has 0 saturated carbocycles. The summed E-state index contributed by atoms with van der Waals surface area (Å²) in [5, 5.41) is 7.12. The molecule has 7 nitrogen and oxygen atoms in total. The Balaban J connectivity index is 0.000000451. The summed E-state index contributed by atoms with van der Waals surface area (Å²) in [7, 11) is 3.52. The Hall–Kier alpha value is -2.17. The zero-order chi connectivity index (χ0) is 23.9. The lowest BCUT2D eigenvalue weighted by Gasteiger charge is -2.43. The Labute approximate surface area is 186 Å². The Morgan fingerprint density at radius 3 is 2.62 bits per heavy atom. The Kier molecular flexibility index (Phi) is 9.06. The summed E-state index contributed by atoms with van der Waals surface area (Å²) in [6.07, 6.45) is -2.77. The van der Waals surface area contributed by atoms with Gasteiger partial charge in [-0.1, -0.05) is 29.8 Å². The summed E-state index contributed by atoms with van der Waals surface area (Å²) in [6.45, 7) is 6.68. The van der Waals surface area contributed by atoms with Gasteiger partial charge in [0.15, 0.2) is 0 Å². The maximum atomic E-state index is 11.8. The minimum Gasteiger partial charge on any atom is -0.475 e. The third kappa shape index (κ3) is 7.46. The van der Waals surface area contributed by atoms with E-state index in [-0.39, 0.29) is 24.0 Å². The number of carbonyl (C=O) groups is 2. The lowest BCUT2D eigenvalue weighted by molar-refractivity contribution is -0.192. The number of hydrogen-bond donors (Lipinski definition) is 1. The van der Waals surface area contributed by atoms with E-state index < -0.39 is 12.1 Å². The van der Waals surface area contributed by atoms with E-state index in [1.807, 2.05) is 0 Å². The van der Waals surface area contributed by atoms with E-state index >= 15 is 0 Å². The third-order valence-electron chi connectivity index (χ3n) is 5.69. The van der Waals surface area contributed by atoms with Gasteiger partial charge in [-0.25, -0.2) is 4.79 Å². The highest BCUT2D eigenvalue weighted by Gasteiger charge is 2.48. The first kappa shape index (κ1) is 26.1. The normalized spacial score (nSPS) is 23.1. The number of alkyl halides is 3. The zero-order valence-corrected chi connectivity index (χ0v) is 18.7. The number of nitrogens with zero attached hydrogens (tertiary/aromatic N) is 2. The minimum atomic E-state index is -5.08. The van der Waals surface area contributed by atoms with E-state index in [2.05, 4.69) is 36.1 Å². The second-order valence-corrected chi connectivity index (χ2v) is 8.54. The molecule has 2 heterocycles. The standard InChI is InChI=1S/C20H30N2O3.C2HF3O2/c1-16-5-4-6-17(11-16)12-22-9-7-18-20(14-22,8-10-25-18)15-24-13-19(23)21(2)3;3-2(4,5)1(6)7/h4-6,11,18H,7-10,12-15H2,1-3H3;(H,6,7)/t18-,20+;/m1./s1. The van der Waals surface area contributed by atoms with Gasteiger partial charge in [0.25, 0.3) is 0 Å². The number of aliphatic carboxylic acids is 1. The highest BCUT2D eigenvalue weighted by Crippen LogP contribution is 2.41. The number of likely N-dealkylation sites (tertiary alicyclic amines) is 1. The summed E-state index contributed by atoms with van der Waals surface area (Å²) < 4.78 is 43.5. The summed E-state index contributed by atoms with van der Waals surface area (Å²) >= 11 is 0. The molecule has 2 fully saturated rings. The molecule has 0 unspecified atom stereocenters. The van der Waals surface area contributed by atoms with Crippen molar-refractivity contribution in [1.82, 2.24) is 9.80 Å². The molecule has 2 saturated heterocycles. The number of carbonyl (C=O) groups excluding carboxylic acids is 1. The van der Waals surface area contributed by atoms with Crippen LogP contribution >= 0.6 is 0 Å². The van der Waals surface area contributed by atoms with Crippen molar-refractivity contribution in [3.63, 3.8) is 0 Å². The number of hydrogen-bond acceptors (Lipinski definition) is 5. The van der Waals surface area contributed by atoms with Crippen LogP contribution in [0, 0.1) is 12.3 Å². The first-order chi connectivity index (χ1) is 14.9. The summed E-state index contributed by atoms with van der Waals surface area (Å²) in [5.41, 5.74) is 2.68. The molecule has 10 heteroatoms. The molecule has 1 aromatic rings. The van der Waals surface area contributed by atoms with Gasteiger partial charge in [-0.15, -0.1) is 0 Å². The van der Waals surface area contributed by atoms with Crippen molar-refractivity contribution >= 4 is 11.9 Å². The highest BCUT2D eigenvalue weighted by atomic mass is 19.4. The van der Waals surface area contributed by atoms with Crippen molar-refractivity contribution in [2.24, 2.45) is 5.41 Å². The monoisotopic (exact) mass is 460 g/mol. The number of fused-ring (bicyclic) bond motifs is 1. The van der Waals surface area contributed by atoms with Crippen molar-refractivity contribution in [3.8, 4) is 0 Å². The molecular weight excluding hydrogens is 429 g/mol. The van der Waals surface area contributed by atoms with Crippen LogP contribution in [0.2, 0.25) is 0 Å². The highest BCUT2D eigenvalue weighted by molar-refractivity contribution is 5.76. The van der Waals surface area contributed by atoms with Gasteiger partial charge in [-0.05, 0) is 25.3 Å². The number of rotatable bonds is 6. The Bertz CT molecular complexity index is 787. The van der Waals surface area contributed by atoms with E-state index in [1.54, 1.807) is 19.0 Å². The molecule has 2 aliphatic heterocycles. The minimum absolute atomic E-state index is 0.0132. The molecule has 0 bridgehead atoms. The first-order valence-corrected chi connectivity index (χ1v) is 10.4. The average molecular weight is 460 g/mol. The summed E-state index contributed by atoms with van der Waals surface area (Å²) in [6, 6.07) is 8.72. The number of likely N-dealkylation sites (N-methyl/N-ethyl adjacent to an activating group) is 1. The fourth-order valence-electron chi connectivity index (χ4n) is 4.02. The smallest absolute Gasteiger partial charge is 0.475 e. The molecule has 1 N–H and O–H groups in total. The number of piperidine rings is 1. The lowest BCUT2D eigenvalue weighted by Crippen LogP contribution is -2.51. The van der Waals surface area contributed by atoms with Crippen molar-refractivity contribution < 1.29 is 37.3 Å². The van der Waals surface area contributed by atoms with Crippen LogP contribution < -0.4 is 0 Å². The van der Waals surface area contributed by atoms with Crippen LogP contribution in [0.1, 0.15) is 24.0 Å². The van der Waals surface area contributed by atoms with Crippen LogP contribution in [-0.4, -0.2) is 86.1 Å². The van der Waals surface area contributed by atoms with E-state index in [1.165, 1.54) is 11.1 Å². The van der Waals surface area contributed by atoms with Gasteiger partial charge in [0.1, 0.15) is 6.61 Å². The van der Waals surface area contributed by atoms with Gasteiger partial charge in [-0.3, -0.25) is 9.69 Å². The fraction of sp³-hybridized carbons (Fsp3) is 0.636. The van der Waals surface area contributed by atoms with Gasteiger partial charge in [0, 0.05) is 45.8 Å². The van der Waals surface area contributed by atoms with Crippen LogP contribution in [0.4, 0.5) is 13.2 Å². The SMILES string of the molecule is Cc1cccc(CN2CC[C@H]3OCC[C@@]3(COCC(=O)N(C)C)C2)c1.O=C(O)C(F)(F)F. The number of carboxylic acid groups (broad SMARTS) is 1. The van der Waals surface area contributed by atoms with Gasteiger partial charge in [-0.2, -0.15) is 13.2 Å². The van der Waals surface area contributed by atoms with E-state index in [0.717, 1.165) is 39.1 Å². The molecule has 0 aromatic heterocycles. The summed E-state index contributed by atoms with van der Waals surface area (Å²) in [4.78, 5) is 24.8. The molecule has 180 valence electrons. The molecule has 0 radical (unpaired) electrons. The van der Waals surface area contributed by atoms with E-state index in [4.69, 9.17) is 19.4 Å². The Morgan fingerprint density at radius 1 is 1.34 bits per heavy atom. The number of carboxylic acids is 1. The van der Waals surface area contributed by atoms with E-state index in [0.29, 0.717) is 6.61 Å².